The van der Waals surface area contributed by atoms with Gasteiger partial charge in [0.05, 0.1) is 11.5 Å². The topological polar surface area (TPSA) is 107 Å². The number of carboxylic acid groups (broad SMARTS) is 1. The van der Waals surface area contributed by atoms with Crippen LogP contribution in [0.1, 0.15) is 40.5 Å². The Hall–Kier alpha value is -2.96. The van der Waals surface area contributed by atoms with Gasteiger partial charge in [-0.2, -0.15) is 0 Å². The summed E-state index contributed by atoms with van der Waals surface area (Å²) in [6, 6.07) is 0. The highest BCUT2D eigenvalue weighted by atomic mass is 16.6. The van der Waals surface area contributed by atoms with Crippen LogP contribution in [0.25, 0.3) is 0 Å². The molecule has 0 spiro atoms. The van der Waals surface area contributed by atoms with Crippen molar-refractivity contribution in [2.45, 2.75) is 46.1 Å². The summed E-state index contributed by atoms with van der Waals surface area (Å²) in [4.78, 5) is 48.5. The number of carbonyl (C=O) groups excluding carboxylic acids is 3. The summed E-state index contributed by atoms with van der Waals surface area (Å²) in [7, 11) is 0. The van der Waals surface area contributed by atoms with E-state index in [0.29, 0.717) is 12.3 Å². The first-order valence-corrected chi connectivity index (χ1v) is 9.12. The molecule has 0 aromatic heterocycles. The van der Waals surface area contributed by atoms with Crippen molar-refractivity contribution >= 4 is 23.5 Å². The van der Waals surface area contributed by atoms with Crippen molar-refractivity contribution in [3.05, 3.63) is 47.5 Å². The third kappa shape index (κ3) is 4.47. The van der Waals surface area contributed by atoms with Gasteiger partial charge in [-0.05, 0) is 43.1 Å². The largest absolute Gasteiger partial charge is 0.478 e. The highest BCUT2D eigenvalue weighted by Gasteiger charge is 2.49. The summed E-state index contributed by atoms with van der Waals surface area (Å²) in [5, 5.41) is 8.67. The van der Waals surface area contributed by atoms with Gasteiger partial charge in [-0.15, -0.1) is 0 Å². The van der Waals surface area contributed by atoms with E-state index in [1.807, 2.05) is 13.8 Å². The van der Waals surface area contributed by atoms with Gasteiger partial charge in [0.15, 0.2) is 0 Å². The van der Waals surface area contributed by atoms with Crippen molar-refractivity contribution in [2.24, 2.45) is 11.8 Å². The zero-order valence-electron chi connectivity index (χ0n) is 16.4. The Morgan fingerprint density at radius 1 is 1.29 bits per heavy atom. The fraction of sp³-hybridized carbons (Fsp3) is 0.429. The number of rotatable bonds is 7. The van der Waals surface area contributed by atoms with Gasteiger partial charge in [0.2, 0.25) is 17.2 Å². The Morgan fingerprint density at radius 3 is 2.57 bits per heavy atom. The van der Waals surface area contributed by atoms with Crippen molar-refractivity contribution < 1.29 is 33.8 Å². The molecular formula is C21H24O7. The molecule has 150 valence electrons. The molecule has 7 heteroatoms. The molecule has 0 aromatic rings. The zero-order chi connectivity index (χ0) is 21.1. The van der Waals surface area contributed by atoms with Crippen molar-refractivity contribution in [3.63, 3.8) is 0 Å². The first kappa shape index (κ1) is 21.3. The number of Topliss-reactive ketones (excluding diaryl/α,β-unsaturated/α-hetero) is 1. The molecule has 0 radical (unpaired) electrons. The van der Waals surface area contributed by atoms with Crippen LogP contribution >= 0.6 is 0 Å². The third-order valence-electron chi connectivity index (χ3n) is 4.91. The fourth-order valence-corrected chi connectivity index (χ4v) is 2.92. The minimum Gasteiger partial charge on any atom is -0.478 e. The molecular weight excluding hydrogens is 364 g/mol. The van der Waals surface area contributed by atoms with Crippen LogP contribution in [0.15, 0.2) is 47.5 Å². The van der Waals surface area contributed by atoms with E-state index in [9.17, 15) is 19.2 Å². The number of allylic oxidation sites excluding steroid dienone is 3. The molecule has 0 fully saturated rings. The van der Waals surface area contributed by atoms with Crippen LogP contribution in [-0.2, 0) is 28.7 Å². The average Bonchev–Trinajstić information content (AvgIpc) is 2.64. The predicted octanol–water partition coefficient (Wildman–Crippen LogP) is 2.88. The normalized spacial score (nSPS) is 23.8. The van der Waals surface area contributed by atoms with Crippen LogP contribution < -0.4 is 0 Å². The second kappa shape index (κ2) is 8.37. The first-order chi connectivity index (χ1) is 13.1. The van der Waals surface area contributed by atoms with E-state index >= 15 is 0 Å². The molecule has 0 saturated heterocycles. The highest BCUT2D eigenvalue weighted by Crippen LogP contribution is 2.34. The molecule has 0 aromatic carbocycles. The lowest BCUT2D eigenvalue weighted by Gasteiger charge is -2.32. The van der Waals surface area contributed by atoms with Crippen LogP contribution in [0.2, 0.25) is 0 Å². The Bertz CT molecular complexity index is 828. The number of ether oxygens (including phenoxy) is 2. The average molecular weight is 388 g/mol. The van der Waals surface area contributed by atoms with Crippen LogP contribution in [-0.4, -0.2) is 34.2 Å². The number of carbonyl (C=O) groups is 4. The Morgan fingerprint density at radius 2 is 1.96 bits per heavy atom. The highest BCUT2D eigenvalue weighted by molar-refractivity contribution is 6.26. The number of aliphatic carboxylic acids is 1. The minimum atomic E-state index is -1.94. The van der Waals surface area contributed by atoms with Crippen LogP contribution in [0, 0.1) is 11.8 Å². The van der Waals surface area contributed by atoms with Gasteiger partial charge in [-0.3, -0.25) is 14.4 Å². The van der Waals surface area contributed by atoms with Crippen LogP contribution in [0.3, 0.4) is 0 Å². The molecule has 3 unspecified atom stereocenters. The maximum Gasteiger partial charge on any atom is 0.328 e. The van der Waals surface area contributed by atoms with Crippen molar-refractivity contribution in [3.8, 4) is 0 Å². The van der Waals surface area contributed by atoms with E-state index in [2.05, 4.69) is 0 Å². The molecule has 0 amide bonds. The number of hydrogen-bond donors (Lipinski definition) is 1. The van der Waals surface area contributed by atoms with Crippen LogP contribution in [0.4, 0.5) is 0 Å². The zero-order valence-corrected chi connectivity index (χ0v) is 16.4. The van der Waals surface area contributed by atoms with Gasteiger partial charge in [-0.1, -0.05) is 27.2 Å². The van der Waals surface area contributed by atoms with Gasteiger partial charge in [0.25, 0.3) is 0 Å². The third-order valence-corrected chi connectivity index (χ3v) is 4.91. The lowest BCUT2D eigenvalue weighted by molar-refractivity contribution is -0.172. The van der Waals surface area contributed by atoms with E-state index in [-0.39, 0.29) is 16.9 Å². The summed E-state index contributed by atoms with van der Waals surface area (Å²) in [5.74, 6) is -3.03. The lowest BCUT2D eigenvalue weighted by Crippen LogP contribution is -2.51. The summed E-state index contributed by atoms with van der Waals surface area (Å²) in [6.07, 6.45) is 7.32. The maximum atomic E-state index is 12.9. The first-order valence-electron chi connectivity index (χ1n) is 9.12. The summed E-state index contributed by atoms with van der Waals surface area (Å²) in [5.41, 5.74) is -1.56. The predicted molar refractivity (Wildman–Crippen MR) is 99.9 cm³/mol. The Labute approximate surface area is 163 Å². The van der Waals surface area contributed by atoms with E-state index < -0.39 is 35.0 Å². The summed E-state index contributed by atoms with van der Waals surface area (Å²) >= 11 is 0. The fourth-order valence-electron chi connectivity index (χ4n) is 2.92. The van der Waals surface area contributed by atoms with Gasteiger partial charge in [-0.25, -0.2) is 4.79 Å². The van der Waals surface area contributed by atoms with Gasteiger partial charge < -0.3 is 14.6 Å². The van der Waals surface area contributed by atoms with Crippen LogP contribution in [0.5, 0.6) is 0 Å². The van der Waals surface area contributed by atoms with Gasteiger partial charge in [0.1, 0.15) is 12.0 Å². The lowest BCUT2D eigenvalue weighted by atomic mass is 9.80. The molecule has 2 rings (SSSR count). The molecule has 1 N–H and O–H groups in total. The quantitative estimate of drug-likeness (QED) is 0.406. The smallest absolute Gasteiger partial charge is 0.328 e. The molecule has 28 heavy (non-hydrogen) atoms. The number of fused-ring (bicyclic) bond motifs is 1. The molecule has 0 bridgehead atoms. The van der Waals surface area contributed by atoms with E-state index in [1.54, 1.807) is 6.92 Å². The molecule has 1 aliphatic heterocycles. The molecule has 0 saturated carbocycles. The van der Waals surface area contributed by atoms with Gasteiger partial charge >= 0.3 is 11.9 Å². The summed E-state index contributed by atoms with van der Waals surface area (Å²) in [6.45, 7) is 7.03. The molecule has 3 atom stereocenters. The second-order valence-electron chi connectivity index (χ2n) is 7.27. The minimum absolute atomic E-state index is 0.0944. The molecule has 7 nitrogen and oxygen atoms in total. The van der Waals surface area contributed by atoms with Crippen molar-refractivity contribution in [1.82, 2.24) is 0 Å². The second-order valence-corrected chi connectivity index (χ2v) is 7.27. The maximum absolute atomic E-state index is 12.9. The molecule has 1 heterocycles. The standard InChI is InChI=1S/C21H24O7/c1-5-12(2)8-13(3)20(26)28-21(4)17(22)10-14-9-15(6-7-18(23)24)27-11-16(14)19(21)25/h6-7,9-13H,5,8H2,1-4H3,(H,23,24). The number of carboxylic acids is 1. The van der Waals surface area contributed by atoms with E-state index in [0.717, 1.165) is 18.8 Å². The summed E-state index contributed by atoms with van der Waals surface area (Å²) < 4.78 is 10.6. The number of esters is 1. The Kier molecular flexibility index (Phi) is 6.38. The molecule has 2 aliphatic rings. The number of ketones is 2. The van der Waals surface area contributed by atoms with Gasteiger partial charge in [0, 0.05) is 6.08 Å². The van der Waals surface area contributed by atoms with Crippen molar-refractivity contribution in [2.75, 3.05) is 0 Å². The molecule has 1 aliphatic carbocycles. The SMILES string of the molecule is CCC(C)CC(C)C(=O)OC1(C)C(=O)C=C2C=C(C=CC(=O)O)OC=C2C1=O. The monoisotopic (exact) mass is 388 g/mol. The Balaban J connectivity index is 2.23. The number of hydrogen-bond acceptors (Lipinski definition) is 6. The van der Waals surface area contributed by atoms with E-state index in [4.69, 9.17) is 14.6 Å². The van der Waals surface area contributed by atoms with E-state index in [1.165, 1.54) is 25.2 Å². The van der Waals surface area contributed by atoms with Crippen molar-refractivity contribution in [1.29, 1.82) is 0 Å².